The quantitative estimate of drug-likeness (QED) is 0.518. The van der Waals surface area contributed by atoms with Crippen LogP contribution in [-0.2, 0) is 23.7 Å². The highest BCUT2D eigenvalue weighted by Crippen LogP contribution is 2.13. The maximum absolute atomic E-state index is 11.3. The lowest BCUT2D eigenvalue weighted by molar-refractivity contribution is -0.154. The Balaban J connectivity index is 2.18. The second-order valence-corrected chi connectivity index (χ2v) is 4.34. The van der Waals surface area contributed by atoms with Crippen LogP contribution >= 0.6 is 0 Å². The van der Waals surface area contributed by atoms with Gasteiger partial charge in [-0.1, -0.05) is 11.8 Å². The molecule has 0 aliphatic carbocycles. The predicted octanol–water partition coefficient (Wildman–Crippen LogP) is 1.50. The zero-order chi connectivity index (χ0) is 13.9. The van der Waals surface area contributed by atoms with Gasteiger partial charge in [0, 0.05) is 20.1 Å². The lowest BCUT2D eigenvalue weighted by Crippen LogP contribution is -2.23. The van der Waals surface area contributed by atoms with Crippen molar-refractivity contribution in [1.82, 2.24) is 0 Å². The van der Waals surface area contributed by atoms with E-state index in [-0.39, 0.29) is 18.9 Å². The van der Waals surface area contributed by atoms with Crippen LogP contribution in [0.25, 0.3) is 0 Å². The summed E-state index contributed by atoms with van der Waals surface area (Å²) in [5.74, 6) is 5.70. The Hall–Kier alpha value is -0.930. The number of rotatable bonds is 7. The Labute approximate surface area is 114 Å². The topological polar surface area (TPSA) is 54.0 Å². The number of methoxy groups -OCH3 is 1. The van der Waals surface area contributed by atoms with Crippen molar-refractivity contribution in [3.05, 3.63) is 0 Å². The number of ether oxygens (including phenoxy) is 4. The first-order valence-corrected chi connectivity index (χ1v) is 6.54. The van der Waals surface area contributed by atoms with Gasteiger partial charge in [-0.2, -0.15) is 0 Å². The molecule has 1 rings (SSSR count). The molecule has 1 unspecified atom stereocenters. The molecular weight excluding hydrogens is 248 g/mol. The number of hydrogen-bond donors (Lipinski definition) is 0. The molecule has 1 fully saturated rings. The first-order valence-electron chi connectivity index (χ1n) is 6.54. The molecule has 0 aromatic rings. The minimum absolute atomic E-state index is 0.0529. The van der Waals surface area contributed by atoms with Crippen LogP contribution in [0.1, 0.15) is 32.6 Å². The zero-order valence-electron chi connectivity index (χ0n) is 11.6. The van der Waals surface area contributed by atoms with E-state index in [1.165, 1.54) is 14.0 Å². The van der Waals surface area contributed by atoms with Crippen molar-refractivity contribution < 1.29 is 23.7 Å². The Kier molecular flexibility index (Phi) is 8.43. The molecule has 5 heteroatoms. The molecule has 1 aliphatic rings. The molecule has 0 aromatic carbocycles. The number of carbonyl (C=O) groups excluding carboxylic acids is 1. The molecule has 19 heavy (non-hydrogen) atoms. The van der Waals surface area contributed by atoms with Crippen LogP contribution < -0.4 is 0 Å². The Bertz CT molecular complexity index is 312. The predicted molar refractivity (Wildman–Crippen MR) is 69.4 cm³/mol. The molecule has 1 saturated heterocycles. The molecule has 0 bridgehead atoms. The fraction of sp³-hybridized carbons (Fsp3) is 0.786. The first kappa shape index (κ1) is 16.1. The van der Waals surface area contributed by atoms with Gasteiger partial charge in [0.15, 0.2) is 12.1 Å². The highest BCUT2D eigenvalue weighted by atomic mass is 16.7. The van der Waals surface area contributed by atoms with Crippen molar-refractivity contribution in [2.75, 3.05) is 27.1 Å². The number of ketones is 1. The number of hydrogen-bond acceptors (Lipinski definition) is 5. The van der Waals surface area contributed by atoms with Gasteiger partial charge in [0.2, 0.25) is 0 Å². The van der Waals surface area contributed by atoms with Crippen molar-refractivity contribution in [2.45, 2.75) is 45.0 Å². The molecule has 0 amide bonds. The molecule has 0 N–H and O–H groups in total. The third-order valence-corrected chi connectivity index (χ3v) is 2.73. The van der Waals surface area contributed by atoms with Crippen molar-refractivity contribution >= 4 is 5.78 Å². The van der Waals surface area contributed by atoms with E-state index >= 15 is 0 Å². The van der Waals surface area contributed by atoms with Crippen molar-refractivity contribution in [3.63, 3.8) is 0 Å². The average Bonchev–Trinajstić information content (AvgIpc) is 2.42. The zero-order valence-corrected chi connectivity index (χ0v) is 11.6. The lowest BCUT2D eigenvalue weighted by atomic mass is 10.2. The van der Waals surface area contributed by atoms with Crippen LogP contribution in [0, 0.1) is 11.8 Å². The third-order valence-electron chi connectivity index (χ3n) is 2.73. The van der Waals surface area contributed by atoms with Gasteiger partial charge in [0.05, 0.1) is 0 Å². The van der Waals surface area contributed by atoms with Crippen LogP contribution in [0.2, 0.25) is 0 Å². The maximum atomic E-state index is 11.3. The van der Waals surface area contributed by atoms with Gasteiger partial charge in [0.25, 0.3) is 0 Å². The Morgan fingerprint density at radius 3 is 2.89 bits per heavy atom. The largest absolute Gasteiger partial charge is 0.359 e. The summed E-state index contributed by atoms with van der Waals surface area (Å²) in [5, 5.41) is 0. The molecule has 0 aromatic heterocycles. The van der Waals surface area contributed by atoms with Gasteiger partial charge in [0.1, 0.15) is 19.5 Å². The summed E-state index contributed by atoms with van der Waals surface area (Å²) in [7, 11) is 1.51. The summed E-state index contributed by atoms with van der Waals surface area (Å²) in [6, 6.07) is 0. The number of Topliss-reactive ketones (excluding diaryl/α,β-unsaturated/α-hetero) is 1. The van der Waals surface area contributed by atoms with Gasteiger partial charge < -0.3 is 18.9 Å². The highest BCUT2D eigenvalue weighted by Gasteiger charge is 2.14. The summed E-state index contributed by atoms with van der Waals surface area (Å²) in [6.45, 7) is 2.65. The van der Waals surface area contributed by atoms with E-state index in [0.717, 1.165) is 25.9 Å². The van der Waals surface area contributed by atoms with Gasteiger partial charge >= 0.3 is 0 Å². The summed E-state index contributed by atoms with van der Waals surface area (Å²) in [4.78, 5) is 11.3. The molecule has 1 aliphatic heterocycles. The van der Waals surface area contributed by atoms with E-state index in [1.54, 1.807) is 0 Å². The normalized spacial score (nSPS) is 20.4. The minimum atomic E-state index is -0.529. The molecule has 0 spiro atoms. The van der Waals surface area contributed by atoms with E-state index in [4.69, 9.17) is 18.9 Å². The number of carbonyl (C=O) groups is 1. The van der Waals surface area contributed by atoms with E-state index in [2.05, 4.69) is 11.8 Å². The Morgan fingerprint density at radius 2 is 2.26 bits per heavy atom. The Morgan fingerprint density at radius 1 is 1.42 bits per heavy atom. The van der Waals surface area contributed by atoms with Gasteiger partial charge in [-0.3, -0.25) is 4.79 Å². The van der Waals surface area contributed by atoms with E-state index in [9.17, 15) is 4.79 Å². The van der Waals surface area contributed by atoms with Gasteiger partial charge in [-0.05, 0) is 26.2 Å². The highest BCUT2D eigenvalue weighted by molar-refractivity contribution is 5.80. The maximum Gasteiger partial charge on any atom is 0.159 e. The fourth-order valence-corrected chi connectivity index (χ4v) is 1.66. The molecule has 0 saturated carbocycles. The smallest absolute Gasteiger partial charge is 0.159 e. The van der Waals surface area contributed by atoms with Gasteiger partial charge in [-0.15, -0.1) is 0 Å². The second-order valence-electron chi connectivity index (χ2n) is 4.34. The van der Waals surface area contributed by atoms with Crippen molar-refractivity contribution in [1.29, 1.82) is 0 Å². The average molecular weight is 270 g/mol. The first-order chi connectivity index (χ1) is 9.24. The summed E-state index contributed by atoms with van der Waals surface area (Å²) in [5.41, 5.74) is 0. The summed E-state index contributed by atoms with van der Waals surface area (Å²) < 4.78 is 20.8. The second kappa shape index (κ2) is 9.93. The van der Waals surface area contributed by atoms with Crippen LogP contribution in [0.3, 0.4) is 0 Å². The lowest BCUT2D eigenvalue weighted by Gasteiger charge is -2.21. The molecule has 1 heterocycles. The van der Waals surface area contributed by atoms with Crippen molar-refractivity contribution in [3.8, 4) is 11.8 Å². The van der Waals surface area contributed by atoms with Crippen LogP contribution in [0.5, 0.6) is 0 Å². The van der Waals surface area contributed by atoms with E-state index < -0.39 is 6.10 Å². The minimum Gasteiger partial charge on any atom is -0.359 e. The van der Waals surface area contributed by atoms with E-state index in [1.807, 2.05) is 0 Å². The SMILES string of the molecule is COCO[C@@H](CC#CCOC1CCCCO1)C(C)=O. The molecule has 0 radical (unpaired) electrons. The molecule has 108 valence electrons. The summed E-state index contributed by atoms with van der Waals surface area (Å²) in [6.07, 6.45) is 2.86. The van der Waals surface area contributed by atoms with Crippen molar-refractivity contribution in [2.24, 2.45) is 0 Å². The monoisotopic (exact) mass is 270 g/mol. The van der Waals surface area contributed by atoms with Crippen LogP contribution in [-0.4, -0.2) is 45.3 Å². The molecule has 5 nitrogen and oxygen atoms in total. The summed E-state index contributed by atoms with van der Waals surface area (Å²) >= 11 is 0. The van der Waals surface area contributed by atoms with Gasteiger partial charge in [-0.25, -0.2) is 0 Å². The van der Waals surface area contributed by atoms with Crippen LogP contribution in [0.4, 0.5) is 0 Å². The third kappa shape index (κ3) is 7.28. The molecular formula is C14H22O5. The van der Waals surface area contributed by atoms with Crippen LogP contribution in [0.15, 0.2) is 0 Å². The standard InChI is InChI=1S/C14H22O5/c1-12(15)13(19-11-16-2)7-3-5-9-17-14-8-4-6-10-18-14/h13-14H,4,6-11H2,1-2H3/t13-,14?/m0/s1. The van der Waals surface area contributed by atoms with E-state index in [0.29, 0.717) is 13.0 Å². The fourth-order valence-electron chi connectivity index (χ4n) is 1.66. The molecule has 2 atom stereocenters.